The highest BCUT2D eigenvalue weighted by molar-refractivity contribution is 5.81. The van der Waals surface area contributed by atoms with Gasteiger partial charge in [0.25, 0.3) is 12.4 Å². The minimum atomic E-state index is -0.681. The molecule has 0 aromatic carbocycles. The van der Waals surface area contributed by atoms with Crippen LogP contribution in [0.4, 0.5) is 0 Å². The first-order chi connectivity index (χ1) is 5.72. The van der Waals surface area contributed by atoms with Crippen LogP contribution in [0.15, 0.2) is 0 Å². The minimum Gasteiger partial charge on any atom is -0.455 e. The van der Waals surface area contributed by atoms with Crippen LogP contribution < -0.4 is 5.32 Å². The molecule has 1 unspecified atom stereocenters. The van der Waals surface area contributed by atoms with Crippen molar-refractivity contribution < 1.29 is 14.3 Å². The van der Waals surface area contributed by atoms with Crippen molar-refractivity contribution in [2.24, 2.45) is 0 Å². The van der Waals surface area contributed by atoms with E-state index in [1.807, 2.05) is 6.92 Å². The zero-order valence-corrected chi connectivity index (χ0v) is 7.50. The predicted molar refractivity (Wildman–Crippen MR) is 44.5 cm³/mol. The first-order valence-electron chi connectivity index (χ1n) is 4.09. The van der Waals surface area contributed by atoms with Crippen LogP contribution in [0, 0.1) is 0 Å². The number of rotatable bonds is 6. The minimum absolute atomic E-state index is 0.240. The summed E-state index contributed by atoms with van der Waals surface area (Å²) >= 11 is 0. The molecule has 1 N–H and O–H groups in total. The molecule has 0 fully saturated rings. The van der Waals surface area contributed by atoms with Gasteiger partial charge in [-0.15, -0.1) is 0 Å². The molecule has 0 aliphatic rings. The first-order valence-corrected chi connectivity index (χ1v) is 4.09. The van der Waals surface area contributed by atoms with E-state index in [9.17, 15) is 9.59 Å². The lowest BCUT2D eigenvalue weighted by molar-refractivity contribution is -0.143. The molecule has 1 atom stereocenters. The normalized spacial score (nSPS) is 11.8. The van der Waals surface area contributed by atoms with Gasteiger partial charge in [-0.2, -0.15) is 0 Å². The molecule has 1 amide bonds. The number of amides is 1. The predicted octanol–water partition coefficient (Wildman–Crippen LogP) is 0.464. The molecule has 0 heterocycles. The molecular formula is C8H15NO3. The fourth-order valence-electron chi connectivity index (χ4n) is 0.677. The van der Waals surface area contributed by atoms with Gasteiger partial charge in [-0.05, 0) is 13.3 Å². The summed E-state index contributed by atoms with van der Waals surface area (Å²) in [5, 5.41) is 2.65. The lowest BCUT2D eigenvalue weighted by Crippen LogP contribution is -2.34. The van der Waals surface area contributed by atoms with E-state index in [1.165, 1.54) is 6.92 Å². The van der Waals surface area contributed by atoms with Crippen LogP contribution in [0.3, 0.4) is 0 Å². The van der Waals surface area contributed by atoms with Gasteiger partial charge in [-0.25, -0.2) is 0 Å². The lowest BCUT2D eigenvalue weighted by Gasteiger charge is -2.09. The van der Waals surface area contributed by atoms with E-state index in [-0.39, 0.29) is 12.4 Å². The summed E-state index contributed by atoms with van der Waals surface area (Å²) in [6.07, 6.45) is 1.29. The quantitative estimate of drug-likeness (QED) is 0.469. The average molecular weight is 173 g/mol. The molecule has 0 aromatic rings. The molecule has 0 bridgehead atoms. The Bertz CT molecular complexity index is 147. The van der Waals surface area contributed by atoms with Gasteiger partial charge in [0.1, 0.15) is 0 Å². The Kier molecular flexibility index (Phi) is 6.05. The van der Waals surface area contributed by atoms with Crippen LogP contribution in [0.2, 0.25) is 0 Å². The Morgan fingerprint density at radius 1 is 1.67 bits per heavy atom. The van der Waals surface area contributed by atoms with Gasteiger partial charge in [0.2, 0.25) is 0 Å². The second kappa shape index (κ2) is 6.64. The number of nitrogens with one attached hydrogen (secondary N) is 1. The number of hydrogen-bond donors (Lipinski definition) is 1. The van der Waals surface area contributed by atoms with Crippen LogP contribution >= 0.6 is 0 Å². The zero-order valence-electron chi connectivity index (χ0n) is 7.50. The standard InChI is InChI=1S/C8H15NO3/c1-3-4-5-9-8(11)7(2)12-6-10/h6-7H,3-5H2,1-2H3,(H,9,11). The molecular weight excluding hydrogens is 158 g/mol. The second-order valence-electron chi connectivity index (χ2n) is 2.52. The molecule has 0 spiro atoms. The van der Waals surface area contributed by atoms with E-state index < -0.39 is 6.10 Å². The maximum absolute atomic E-state index is 11.0. The van der Waals surface area contributed by atoms with Crippen molar-refractivity contribution in [2.45, 2.75) is 32.8 Å². The van der Waals surface area contributed by atoms with E-state index in [0.29, 0.717) is 6.54 Å². The fourth-order valence-corrected chi connectivity index (χ4v) is 0.677. The van der Waals surface area contributed by atoms with Crippen molar-refractivity contribution in [3.05, 3.63) is 0 Å². The number of unbranched alkanes of at least 4 members (excludes halogenated alkanes) is 1. The summed E-state index contributed by atoms with van der Waals surface area (Å²) < 4.78 is 4.44. The summed E-state index contributed by atoms with van der Waals surface area (Å²) in [6, 6.07) is 0. The molecule has 0 aromatic heterocycles. The number of carbonyl (C=O) groups is 2. The summed E-state index contributed by atoms with van der Waals surface area (Å²) in [4.78, 5) is 20.9. The van der Waals surface area contributed by atoms with Crippen LogP contribution in [-0.4, -0.2) is 25.0 Å². The summed E-state index contributed by atoms with van der Waals surface area (Å²) in [6.45, 7) is 4.50. The monoisotopic (exact) mass is 173 g/mol. The number of carbonyl (C=O) groups excluding carboxylic acids is 2. The Hall–Kier alpha value is -1.06. The molecule has 0 saturated carbocycles. The molecule has 0 aliphatic carbocycles. The van der Waals surface area contributed by atoms with Crippen LogP contribution in [-0.2, 0) is 14.3 Å². The highest BCUT2D eigenvalue weighted by Crippen LogP contribution is 1.88. The topological polar surface area (TPSA) is 55.4 Å². The van der Waals surface area contributed by atoms with Crippen molar-refractivity contribution in [1.82, 2.24) is 5.32 Å². The summed E-state index contributed by atoms with van der Waals surface area (Å²) in [5.41, 5.74) is 0. The van der Waals surface area contributed by atoms with Gasteiger partial charge in [-0.1, -0.05) is 13.3 Å². The van der Waals surface area contributed by atoms with E-state index in [2.05, 4.69) is 10.1 Å². The van der Waals surface area contributed by atoms with Crippen molar-refractivity contribution in [1.29, 1.82) is 0 Å². The van der Waals surface area contributed by atoms with Gasteiger partial charge >= 0.3 is 0 Å². The third-order valence-electron chi connectivity index (χ3n) is 1.46. The third kappa shape index (κ3) is 4.71. The SMILES string of the molecule is CCCCNC(=O)C(C)OC=O. The fraction of sp³-hybridized carbons (Fsp3) is 0.750. The van der Waals surface area contributed by atoms with Crippen molar-refractivity contribution in [3.63, 3.8) is 0 Å². The van der Waals surface area contributed by atoms with E-state index in [1.54, 1.807) is 0 Å². The Morgan fingerprint density at radius 3 is 2.83 bits per heavy atom. The lowest BCUT2D eigenvalue weighted by atomic mass is 10.3. The zero-order chi connectivity index (χ0) is 9.40. The van der Waals surface area contributed by atoms with Crippen molar-refractivity contribution in [2.75, 3.05) is 6.54 Å². The van der Waals surface area contributed by atoms with Gasteiger partial charge in [0.15, 0.2) is 6.10 Å². The maximum atomic E-state index is 11.0. The Morgan fingerprint density at radius 2 is 2.33 bits per heavy atom. The number of hydrogen-bond acceptors (Lipinski definition) is 3. The molecule has 4 heteroatoms. The molecule has 12 heavy (non-hydrogen) atoms. The van der Waals surface area contributed by atoms with Gasteiger partial charge in [0.05, 0.1) is 0 Å². The Labute approximate surface area is 72.3 Å². The van der Waals surface area contributed by atoms with Gasteiger partial charge < -0.3 is 10.1 Å². The molecule has 4 nitrogen and oxygen atoms in total. The molecule has 0 radical (unpaired) electrons. The van der Waals surface area contributed by atoms with Gasteiger partial charge in [0, 0.05) is 6.54 Å². The molecule has 0 saturated heterocycles. The summed E-state index contributed by atoms with van der Waals surface area (Å²) in [7, 11) is 0. The van der Waals surface area contributed by atoms with Crippen LogP contribution in [0.1, 0.15) is 26.7 Å². The van der Waals surface area contributed by atoms with Gasteiger partial charge in [-0.3, -0.25) is 9.59 Å². The molecule has 0 aliphatic heterocycles. The Balaban J connectivity index is 3.49. The molecule has 70 valence electrons. The number of ether oxygens (including phenoxy) is 1. The average Bonchev–Trinajstić information content (AvgIpc) is 2.05. The summed E-state index contributed by atoms with van der Waals surface area (Å²) in [5.74, 6) is -0.240. The first kappa shape index (κ1) is 10.9. The van der Waals surface area contributed by atoms with Crippen molar-refractivity contribution >= 4 is 12.4 Å². The van der Waals surface area contributed by atoms with E-state index in [4.69, 9.17) is 0 Å². The molecule has 0 rings (SSSR count). The maximum Gasteiger partial charge on any atom is 0.293 e. The highest BCUT2D eigenvalue weighted by Gasteiger charge is 2.11. The third-order valence-corrected chi connectivity index (χ3v) is 1.46. The highest BCUT2D eigenvalue weighted by atomic mass is 16.5. The smallest absolute Gasteiger partial charge is 0.293 e. The van der Waals surface area contributed by atoms with E-state index >= 15 is 0 Å². The van der Waals surface area contributed by atoms with Crippen LogP contribution in [0.5, 0.6) is 0 Å². The largest absolute Gasteiger partial charge is 0.455 e. The van der Waals surface area contributed by atoms with Crippen molar-refractivity contribution in [3.8, 4) is 0 Å². The van der Waals surface area contributed by atoms with E-state index in [0.717, 1.165) is 12.8 Å². The second-order valence-corrected chi connectivity index (χ2v) is 2.52. The van der Waals surface area contributed by atoms with Crippen LogP contribution in [0.25, 0.3) is 0 Å².